The van der Waals surface area contributed by atoms with Crippen LogP contribution in [0.25, 0.3) is 0 Å². The number of morpholine rings is 1. The first kappa shape index (κ1) is 22.5. The molecule has 1 aromatic heterocycles. The van der Waals surface area contributed by atoms with Gasteiger partial charge < -0.3 is 19.7 Å². The van der Waals surface area contributed by atoms with E-state index < -0.39 is 10.0 Å². The third-order valence-electron chi connectivity index (χ3n) is 5.86. The number of rotatable bonds is 6. The molecule has 0 atom stereocenters. The number of sulfonamides is 1. The number of methoxy groups -OCH3 is 1. The van der Waals surface area contributed by atoms with E-state index in [1.165, 1.54) is 4.31 Å². The van der Waals surface area contributed by atoms with Crippen LogP contribution in [-0.2, 0) is 19.6 Å². The molecule has 2 aliphatic heterocycles. The van der Waals surface area contributed by atoms with E-state index in [2.05, 4.69) is 10.3 Å². The highest BCUT2D eigenvalue weighted by atomic mass is 32.2. The van der Waals surface area contributed by atoms with E-state index in [4.69, 9.17) is 9.47 Å². The minimum atomic E-state index is -3.66. The van der Waals surface area contributed by atoms with Crippen LogP contribution in [0.5, 0.6) is 5.75 Å². The highest BCUT2D eigenvalue weighted by Gasteiger charge is 2.33. The molecule has 3 heterocycles. The Morgan fingerprint density at radius 1 is 1.09 bits per heavy atom. The van der Waals surface area contributed by atoms with Gasteiger partial charge in [-0.2, -0.15) is 4.31 Å². The van der Waals surface area contributed by atoms with Crippen LogP contribution in [0, 0.1) is 5.92 Å². The number of hydrogen-bond donors (Lipinski definition) is 1. The van der Waals surface area contributed by atoms with Gasteiger partial charge in [0.1, 0.15) is 16.5 Å². The maximum absolute atomic E-state index is 13.2. The number of nitrogens with one attached hydrogen (secondary N) is 1. The molecular formula is C22H28N4O5S. The Kier molecular flexibility index (Phi) is 6.92. The molecule has 0 unspecified atom stereocenters. The van der Waals surface area contributed by atoms with Crippen molar-refractivity contribution in [2.75, 3.05) is 56.7 Å². The van der Waals surface area contributed by atoms with Crippen LogP contribution in [0.3, 0.4) is 0 Å². The van der Waals surface area contributed by atoms with E-state index in [0.29, 0.717) is 58.1 Å². The summed E-state index contributed by atoms with van der Waals surface area (Å²) < 4.78 is 38.3. The number of nitrogens with zero attached hydrogens (tertiary/aromatic N) is 3. The van der Waals surface area contributed by atoms with Crippen LogP contribution in [0.1, 0.15) is 12.8 Å². The van der Waals surface area contributed by atoms with Crippen LogP contribution in [0.15, 0.2) is 47.5 Å². The molecular weight excluding hydrogens is 432 g/mol. The minimum Gasteiger partial charge on any atom is -0.497 e. The molecule has 0 saturated carbocycles. The Balaban J connectivity index is 1.41. The van der Waals surface area contributed by atoms with Gasteiger partial charge in [0, 0.05) is 44.0 Å². The van der Waals surface area contributed by atoms with E-state index in [9.17, 15) is 13.2 Å². The van der Waals surface area contributed by atoms with Crippen molar-refractivity contribution in [1.82, 2.24) is 9.29 Å². The molecule has 4 rings (SSSR count). The van der Waals surface area contributed by atoms with Crippen molar-refractivity contribution in [1.29, 1.82) is 0 Å². The molecule has 0 aliphatic carbocycles. The summed E-state index contributed by atoms with van der Waals surface area (Å²) in [5.41, 5.74) is 0.724. The average Bonchev–Trinajstić information content (AvgIpc) is 2.85. The number of aromatic nitrogens is 1. The summed E-state index contributed by atoms with van der Waals surface area (Å²) in [6.07, 6.45) is 2.85. The van der Waals surface area contributed by atoms with Crippen molar-refractivity contribution in [2.24, 2.45) is 5.92 Å². The van der Waals surface area contributed by atoms with E-state index in [-0.39, 0.29) is 16.7 Å². The first-order valence-corrected chi connectivity index (χ1v) is 12.2. The second kappa shape index (κ2) is 9.85. The summed E-state index contributed by atoms with van der Waals surface area (Å²) in [6, 6.07) is 10.5. The molecule has 2 saturated heterocycles. The fraction of sp³-hybridized carbons (Fsp3) is 0.455. The highest BCUT2D eigenvalue weighted by molar-refractivity contribution is 7.89. The predicted molar refractivity (Wildman–Crippen MR) is 120 cm³/mol. The Bertz CT molecular complexity index is 1030. The summed E-state index contributed by atoms with van der Waals surface area (Å²) >= 11 is 0. The second-order valence-electron chi connectivity index (χ2n) is 7.82. The molecule has 2 aromatic rings. The van der Waals surface area contributed by atoms with Crippen molar-refractivity contribution < 1.29 is 22.7 Å². The van der Waals surface area contributed by atoms with Gasteiger partial charge in [0.05, 0.1) is 20.3 Å². The van der Waals surface area contributed by atoms with Crippen molar-refractivity contribution in [3.05, 3.63) is 42.6 Å². The largest absolute Gasteiger partial charge is 0.497 e. The smallest absolute Gasteiger partial charge is 0.246 e. The monoisotopic (exact) mass is 460 g/mol. The van der Waals surface area contributed by atoms with E-state index in [1.54, 1.807) is 37.6 Å². The lowest BCUT2D eigenvalue weighted by molar-refractivity contribution is -0.120. The summed E-state index contributed by atoms with van der Waals surface area (Å²) in [5, 5.41) is 2.95. The lowest BCUT2D eigenvalue weighted by Crippen LogP contribution is -2.42. The SMILES string of the molecule is COc1ccc(NC(=O)C2CCN(c3ncccc3S(=O)(=O)N3CCOCC3)CC2)cc1. The zero-order valence-corrected chi connectivity index (χ0v) is 18.9. The molecule has 9 nitrogen and oxygen atoms in total. The second-order valence-corrected chi connectivity index (χ2v) is 9.73. The lowest BCUT2D eigenvalue weighted by Gasteiger charge is -2.34. The van der Waals surface area contributed by atoms with Crippen LogP contribution in [0.2, 0.25) is 0 Å². The van der Waals surface area contributed by atoms with Crippen LogP contribution in [0.4, 0.5) is 11.5 Å². The number of carbonyl (C=O) groups excluding carboxylic acids is 1. The minimum absolute atomic E-state index is 0.0306. The van der Waals surface area contributed by atoms with Crippen molar-refractivity contribution in [2.45, 2.75) is 17.7 Å². The van der Waals surface area contributed by atoms with Gasteiger partial charge in [-0.15, -0.1) is 0 Å². The quantitative estimate of drug-likeness (QED) is 0.703. The number of hydrogen-bond acceptors (Lipinski definition) is 7. The Labute approximate surface area is 188 Å². The van der Waals surface area contributed by atoms with Crippen LogP contribution >= 0.6 is 0 Å². The van der Waals surface area contributed by atoms with E-state index >= 15 is 0 Å². The van der Waals surface area contributed by atoms with Crippen molar-refractivity contribution >= 4 is 27.4 Å². The molecule has 172 valence electrons. The molecule has 0 spiro atoms. The number of benzene rings is 1. The maximum Gasteiger partial charge on any atom is 0.246 e. The maximum atomic E-state index is 13.2. The Morgan fingerprint density at radius 3 is 2.44 bits per heavy atom. The van der Waals surface area contributed by atoms with Crippen LogP contribution in [-0.4, -0.2) is 70.1 Å². The highest BCUT2D eigenvalue weighted by Crippen LogP contribution is 2.30. The van der Waals surface area contributed by atoms with Crippen molar-refractivity contribution in [3.8, 4) is 5.75 Å². The number of piperidine rings is 1. The first-order valence-electron chi connectivity index (χ1n) is 10.7. The molecule has 32 heavy (non-hydrogen) atoms. The average molecular weight is 461 g/mol. The molecule has 10 heteroatoms. The normalized spacial score (nSPS) is 18.3. The topological polar surface area (TPSA) is 101 Å². The Morgan fingerprint density at radius 2 is 1.78 bits per heavy atom. The molecule has 1 aromatic carbocycles. The van der Waals surface area contributed by atoms with Gasteiger partial charge in [0.15, 0.2) is 0 Å². The lowest BCUT2D eigenvalue weighted by atomic mass is 9.95. The van der Waals surface area contributed by atoms with E-state index in [0.717, 1.165) is 11.4 Å². The van der Waals surface area contributed by atoms with Gasteiger partial charge in [0.25, 0.3) is 0 Å². The Hall–Kier alpha value is -2.69. The van der Waals surface area contributed by atoms with Gasteiger partial charge in [-0.3, -0.25) is 4.79 Å². The van der Waals surface area contributed by atoms with Crippen LogP contribution < -0.4 is 15.0 Å². The molecule has 2 aliphatic rings. The standard InChI is InChI=1S/C22H28N4O5S/c1-30-19-6-4-18(5-7-19)24-22(27)17-8-11-25(12-9-17)21-20(3-2-10-23-21)32(28,29)26-13-15-31-16-14-26/h2-7,10,17H,8-9,11-16H2,1H3,(H,24,27). The number of amides is 1. The number of pyridine rings is 1. The molecule has 2 fully saturated rings. The van der Waals surface area contributed by atoms with Gasteiger partial charge >= 0.3 is 0 Å². The zero-order valence-electron chi connectivity index (χ0n) is 18.1. The van der Waals surface area contributed by atoms with Gasteiger partial charge in [0.2, 0.25) is 15.9 Å². The number of ether oxygens (including phenoxy) is 2. The summed E-state index contributed by atoms with van der Waals surface area (Å²) in [5.74, 6) is 1.01. The molecule has 1 amide bonds. The molecule has 1 N–H and O–H groups in total. The summed E-state index contributed by atoms with van der Waals surface area (Å²) in [4.78, 5) is 19.3. The first-order chi connectivity index (χ1) is 15.5. The third-order valence-corrected chi connectivity index (χ3v) is 7.78. The zero-order chi connectivity index (χ0) is 22.6. The third kappa shape index (κ3) is 4.87. The van der Waals surface area contributed by atoms with Gasteiger partial charge in [-0.25, -0.2) is 13.4 Å². The van der Waals surface area contributed by atoms with Gasteiger partial charge in [-0.1, -0.05) is 0 Å². The number of carbonyl (C=O) groups is 1. The van der Waals surface area contributed by atoms with Gasteiger partial charge in [-0.05, 0) is 49.2 Å². The van der Waals surface area contributed by atoms with Crippen molar-refractivity contribution in [3.63, 3.8) is 0 Å². The molecule has 0 bridgehead atoms. The molecule has 0 radical (unpaired) electrons. The summed E-state index contributed by atoms with van der Waals surface area (Å²) in [7, 11) is -2.06. The fourth-order valence-electron chi connectivity index (χ4n) is 4.02. The fourth-order valence-corrected chi connectivity index (χ4v) is 5.59. The predicted octanol–water partition coefficient (Wildman–Crippen LogP) is 1.97. The van der Waals surface area contributed by atoms with E-state index in [1.807, 2.05) is 17.0 Å². The summed E-state index contributed by atoms with van der Waals surface area (Å²) in [6.45, 7) is 2.58. The number of anilines is 2.